The van der Waals surface area contributed by atoms with Crippen molar-refractivity contribution in [3.8, 4) is 0 Å². The predicted molar refractivity (Wildman–Crippen MR) is 61.0 cm³/mol. The second-order valence-corrected chi connectivity index (χ2v) is 4.92. The molecule has 0 bridgehead atoms. The highest BCUT2D eigenvalue weighted by atomic mass is 79.9. The molecule has 2 heterocycles. The third kappa shape index (κ3) is 2.25. The quantitative estimate of drug-likeness (QED) is 0.795. The van der Waals surface area contributed by atoms with E-state index in [0.29, 0.717) is 13.1 Å². The van der Waals surface area contributed by atoms with Gasteiger partial charge in [-0.2, -0.15) is 18.3 Å². The van der Waals surface area contributed by atoms with Crippen molar-refractivity contribution in [1.82, 2.24) is 14.7 Å². The number of carbonyl (C=O) groups excluding carboxylic acids is 1. The number of aryl methyl sites for hydroxylation is 1. The van der Waals surface area contributed by atoms with Gasteiger partial charge in [-0.25, -0.2) is 0 Å². The minimum atomic E-state index is -4.57. The summed E-state index contributed by atoms with van der Waals surface area (Å²) in [6.45, 7) is 1.16. The van der Waals surface area contributed by atoms with Crippen LogP contribution in [0.3, 0.4) is 0 Å². The standard InChI is InChI=1S/C10H11BrF3N3O/c1-16-7(9(18)17-4-2-3-5-17)6(11)8(15-16)10(12,13)14/h2-5H2,1H3. The van der Waals surface area contributed by atoms with Gasteiger partial charge in [0.1, 0.15) is 5.69 Å². The van der Waals surface area contributed by atoms with E-state index in [2.05, 4.69) is 21.0 Å². The van der Waals surface area contributed by atoms with Gasteiger partial charge in [-0.1, -0.05) is 0 Å². The number of amides is 1. The topological polar surface area (TPSA) is 38.1 Å². The number of hydrogen-bond donors (Lipinski definition) is 0. The lowest BCUT2D eigenvalue weighted by atomic mass is 10.3. The normalized spacial score (nSPS) is 16.4. The van der Waals surface area contributed by atoms with Crippen molar-refractivity contribution in [2.75, 3.05) is 13.1 Å². The van der Waals surface area contributed by atoms with Gasteiger partial charge in [0, 0.05) is 20.1 Å². The van der Waals surface area contributed by atoms with Crippen LogP contribution in [0.15, 0.2) is 4.47 Å². The second kappa shape index (κ2) is 4.56. The maximum Gasteiger partial charge on any atom is 0.436 e. The van der Waals surface area contributed by atoms with E-state index in [4.69, 9.17) is 0 Å². The number of rotatable bonds is 1. The van der Waals surface area contributed by atoms with Crippen LogP contribution in [0.25, 0.3) is 0 Å². The van der Waals surface area contributed by atoms with E-state index in [9.17, 15) is 18.0 Å². The first-order valence-electron chi connectivity index (χ1n) is 5.41. The van der Waals surface area contributed by atoms with Gasteiger partial charge in [0.15, 0.2) is 5.69 Å². The van der Waals surface area contributed by atoms with Crippen LogP contribution in [-0.4, -0.2) is 33.7 Å². The zero-order valence-corrected chi connectivity index (χ0v) is 11.2. The molecule has 0 aromatic carbocycles. The molecule has 1 aliphatic heterocycles. The van der Waals surface area contributed by atoms with Crippen LogP contribution in [0.1, 0.15) is 29.0 Å². The molecular formula is C10H11BrF3N3O. The van der Waals surface area contributed by atoms with Crippen molar-refractivity contribution in [2.24, 2.45) is 7.05 Å². The first kappa shape index (κ1) is 13.4. The van der Waals surface area contributed by atoms with Crippen LogP contribution in [0, 0.1) is 0 Å². The van der Waals surface area contributed by atoms with E-state index >= 15 is 0 Å². The Balaban J connectivity index is 2.39. The molecule has 2 rings (SSSR count). The largest absolute Gasteiger partial charge is 0.436 e. The Morgan fingerprint density at radius 2 is 1.89 bits per heavy atom. The minimum absolute atomic E-state index is 0.0516. The molecule has 4 nitrogen and oxygen atoms in total. The van der Waals surface area contributed by atoms with E-state index in [-0.39, 0.29) is 10.2 Å². The molecule has 1 aromatic rings. The van der Waals surface area contributed by atoms with Crippen molar-refractivity contribution in [3.05, 3.63) is 15.9 Å². The zero-order valence-electron chi connectivity index (χ0n) is 9.59. The Bertz CT molecular complexity index is 477. The molecule has 0 spiro atoms. The SMILES string of the molecule is Cn1nc(C(F)(F)F)c(Br)c1C(=O)N1CCCC1. The third-order valence-electron chi connectivity index (χ3n) is 2.85. The summed E-state index contributed by atoms with van der Waals surface area (Å²) < 4.78 is 38.7. The maximum atomic E-state index is 12.7. The zero-order chi connectivity index (χ0) is 13.5. The first-order valence-corrected chi connectivity index (χ1v) is 6.20. The van der Waals surface area contributed by atoms with Gasteiger partial charge < -0.3 is 4.90 Å². The molecule has 1 saturated heterocycles. The third-order valence-corrected chi connectivity index (χ3v) is 3.60. The van der Waals surface area contributed by atoms with Crippen LogP contribution in [0.5, 0.6) is 0 Å². The fraction of sp³-hybridized carbons (Fsp3) is 0.600. The highest BCUT2D eigenvalue weighted by molar-refractivity contribution is 9.10. The molecule has 1 aromatic heterocycles. The molecule has 0 saturated carbocycles. The number of alkyl halides is 3. The average molecular weight is 326 g/mol. The Morgan fingerprint density at radius 3 is 2.33 bits per heavy atom. The summed E-state index contributed by atoms with van der Waals surface area (Å²) in [6.07, 6.45) is -2.80. The Hall–Kier alpha value is -1.05. The minimum Gasteiger partial charge on any atom is -0.337 e. The Labute approximate surface area is 110 Å². The number of aromatic nitrogens is 2. The van der Waals surface area contributed by atoms with Gasteiger partial charge in [0.25, 0.3) is 5.91 Å². The second-order valence-electron chi connectivity index (χ2n) is 4.13. The molecule has 1 aliphatic rings. The molecule has 8 heteroatoms. The van der Waals surface area contributed by atoms with Gasteiger partial charge >= 0.3 is 6.18 Å². The first-order chi connectivity index (χ1) is 8.32. The van der Waals surface area contributed by atoms with E-state index in [0.717, 1.165) is 17.5 Å². The molecule has 1 amide bonds. The summed E-state index contributed by atoms with van der Waals surface area (Å²) in [6, 6.07) is 0. The van der Waals surface area contributed by atoms with Gasteiger partial charge in [0.05, 0.1) is 4.47 Å². The molecule has 1 fully saturated rings. The van der Waals surface area contributed by atoms with Crippen LogP contribution < -0.4 is 0 Å². The molecule has 0 unspecified atom stereocenters. The lowest BCUT2D eigenvalue weighted by Gasteiger charge is -2.15. The average Bonchev–Trinajstić information content (AvgIpc) is 2.85. The molecule has 0 radical (unpaired) electrons. The van der Waals surface area contributed by atoms with E-state index in [1.54, 1.807) is 4.90 Å². The smallest absolute Gasteiger partial charge is 0.337 e. The lowest BCUT2D eigenvalue weighted by Crippen LogP contribution is -2.29. The van der Waals surface area contributed by atoms with Crippen molar-refractivity contribution in [3.63, 3.8) is 0 Å². The number of hydrogen-bond acceptors (Lipinski definition) is 2. The highest BCUT2D eigenvalue weighted by Crippen LogP contribution is 2.36. The number of likely N-dealkylation sites (tertiary alicyclic amines) is 1. The van der Waals surface area contributed by atoms with E-state index in [1.807, 2.05) is 0 Å². The van der Waals surface area contributed by atoms with E-state index < -0.39 is 17.8 Å². The number of nitrogens with zero attached hydrogens (tertiary/aromatic N) is 3. The highest BCUT2D eigenvalue weighted by Gasteiger charge is 2.40. The van der Waals surface area contributed by atoms with Gasteiger partial charge in [-0.3, -0.25) is 9.48 Å². The van der Waals surface area contributed by atoms with Crippen molar-refractivity contribution < 1.29 is 18.0 Å². The molecule has 0 aliphatic carbocycles. The monoisotopic (exact) mass is 325 g/mol. The maximum absolute atomic E-state index is 12.7. The fourth-order valence-corrected chi connectivity index (χ4v) is 2.71. The Morgan fingerprint density at radius 1 is 1.33 bits per heavy atom. The summed E-state index contributed by atoms with van der Waals surface area (Å²) in [7, 11) is 1.34. The molecule has 0 N–H and O–H groups in total. The van der Waals surface area contributed by atoms with Gasteiger partial charge in [-0.05, 0) is 28.8 Å². The van der Waals surface area contributed by atoms with Crippen LogP contribution in [0.4, 0.5) is 13.2 Å². The number of carbonyl (C=O) groups is 1. The van der Waals surface area contributed by atoms with E-state index in [1.165, 1.54) is 7.05 Å². The molecule has 100 valence electrons. The van der Waals surface area contributed by atoms with Crippen LogP contribution in [-0.2, 0) is 13.2 Å². The molecule has 0 atom stereocenters. The van der Waals surface area contributed by atoms with Crippen LogP contribution in [0.2, 0.25) is 0 Å². The van der Waals surface area contributed by atoms with Crippen molar-refractivity contribution >= 4 is 21.8 Å². The summed E-state index contributed by atoms with van der Waals surface area (Å²) >= 11 is 2.83. The van der Waals surface area contributed by atoms with Gasteiger partial charge in [-0.15, -0.1) is 0 Å². The predicted octanol–water partition coefficient (Wildman–Crippen LogP) is 2.44. The van der Waals surface area contributed by atoms with Gasteiger partial charge in [0.2, 0.25) is 0 Å². The fourth-order valence-electron chi connectivity index (χ4n) is 1.98. The summed E-state index contributed by atoms with van der Waals surface area (Å²) in [5.74, 6) is -0.412. The Kier molecular flexibility index (Phi) is 3.39. The summed E-state index contributed by atoms with van der Waals surface area (Å²) in [5.41, 5.74) is -1.11. The molecule has 18 heavy (non-hydrogen) atoms. The lowest BCUT2D eigenvalue weighted by molar-refractivity contribution is -0.142. The summed E-state index contributed by atoms with van der Waals surface area (Å²) in [5, 5.41) is 3.37. The van der Waals surface area contributed by atoms with Crippen molar-refractivity contribution in [2.45, 2.75) is 19.0 Å². The van der Waals surface area contributed by atoms with Crippen molar-refractivity contribution in [1.29, 1.82) is 0 Å². The molecular weight excluding hydrogens is 315 g/mol. The summed E-state index contributed by atoms with van der Waals surface area (Å²) in [4.78, 5) is 13.6. The number of halogens is 4. The van der Waals surface area contributed by atoms with Crippen LogP contribution >= 0.6 is 15.9 Å².